The number of alkyl halides is 3. The predicted octanol–water partition coefficient (Wildman–Crippen LogP) is 4.33. The first-order chi connectivity index (χ1) is 15.5. The van der Waals surface area contributed by atoms with Crippen LogP contribution >= 0.6 is 0 Å². The molecular weight excluding hydrogens is 465 g/mol. The molecule has 0 bridgehead atoms. The van der Waals surface area contributed by atoms with Crippen molar-refractivity contribution in [3.63, 3.8) is 0 Å². The van der Waals surface area contributed by atoms with E-state index in [2.05, 4.69) is 10.0 Å². The zero-order valence-electron chi connectivity index (χ0n) is 17.2. The number of halogens is 5. The second-order valence-electron chi connectivity index (χ2n) is 8.48. The first-order valence-corrected chi connectivity index (χ1v) is 12.0. The molecule has 2 fully saturated rings. The Kier molecular flexibility index (Phi) is 5.26. The number of hydrogen-bond donors (Lipinski definition) is 2. The van der Waals surface area contributed by atoms with Crippen LogP contribution in [0.25, 0.3) is 22.0 Å². The van der Waals surface area contributed by atoms with Crippen LogP contribution in [0.3, 0.4) is 0 Å². The Balaban J connectivity index is 1.63. The quantitative estimate of drug-likeness (QED) is 0.511. The number of nitrogens with zero attached hydrogens (tertiary/aromatic N) is 1. The molecule has 5 rings (SSSR count). The summed E-state index contributed by atoms with van der Waals surface area (Å²) in [5, 5.41) is 3.11. The molecule has 3 aromatic rings. The number of aromatic nitrogens is 1. The molecule has 1 aliphatic heterocycles. The molecular formula is C22H20F5N3O2S. The second-order valence-corrected chi connectivity index (χ2v) is 10.5. The van der Waals surface area contributed by atoms with E-state index in [9.17, 15) is 26.0 Å². The van der Waals surface area contributed by atoms with Crippen molar-refractivity contribution in [2.24, 2.45) is 0 Å². The van der Waals surface area contributed by atoms with E-state index in [1.807, 2.05) is 4.57 Å². The minimum absolute atomic E-state index is 0.00472. The van der Waals surface area contributed by atoms with Crippen LogP contribution in [-0.2, 0) is 22.7 Å². The van der Waals surface area contributed by atoms with Gasteiger partial charge in [-0.1, -0.05) is 6.07 Å². The van der Waals surface area contributed by atoms with E-state index in [0.29, 0.717) is 48.5 Å². The first-order valence-electron chi connectivity index (χ1n) is 10.4. The van der Waals surface area contributed by atoms with Gasteiger partial charge in [0.25, 0.3) is 0 Å². The Bertz CT molecular complexity index is 1340. The number of rotatable bonds is 6. The van der Waals surface area contributed by atoms with Crippen LogP contribution in [-0.4, -0.2) is 31.3 Å². The molecule has 0 amide bonds. The van der Waals surface area contributed by atoms with E-state index < -0.39 is 44.2 Å². The summed E-state index contributed by atoms with van der Waals surface area (Å²) in [4.78, 5) is 0. The molecule has 0 atom stereocenters. The molecule has 1 aromatic heterocycles. The van der Waals surface area contributed by atoms with Gasteiger partial charge in [-0.25, -0.2) is 21.9 Å². The van der Waals surface area contributed by atoms with Crippen LogP contribution in [0.1, 0.15) is 30.0 Å². The van der Waals surface area contributed by atoms with Crippen LogP contribution < -0.4 is 10.0 Å². The van der Waals surface area contributed by atoms with Crippen molar-refractivity contribution < 1.29 is 30.4 Å². The minimum Gasteiger partial charge on any atom is -0.341 e. The monoisotopic (exact) mass is 485 g/mol. The largest absolute Gasteiger partial charge is 0.417 e. The van der Waals surface area contributed by atoms with Gasteiger partial charge in [-0.3, -0.25) is 0 Å². The summed E-state index contributed by atoms with van der Waals surface area (Å²) in [7, 11) is -3.47. The molecule has 11 heteroatoms. The molecule has 2 aromatic carbocycles. The summed E-state index contributed by atoms with van der Waals surface area (Å²) in [6, 6.07) is 4.58. The van der Waals surface area contributed by atoms with Gasteiger partial charge in [-0.2, -0.15) is 13.2 Å². The summed E-state index contributed by atoms with van der Waals surface area (Å²) < 4.78 is 98.2. The van der Waals surface area contributed by atoms with Gasteiger partial charge < -0.3 is 9.88 Å². The third kappa shape index (κ3) is 4.13. The molecule has 33 heavy (non-hydrogen) atoms. The highest BCUT2D eigenvalue weighted by molar-refractivity contribution is 7.90. The van der Waals surface area contributed by atoms with Crippen LogP contribution in [0.5, 0.6) is 0 Å². The average molecular weight is 485 g/mol. The molecule has 0 radical (unpaired) electrons. The number of hydrogen-bond acceptors (Lipinski definition) is 3. The van der Waals surface area contributed by atoms with Gasteiger partial charge in [0.05, 0.1) is 16.9 Å². The standard InChI is InChI=1S/C22H20F5N3O2S/c23-13-1-4-16(19(5-13)22(25,26)27)18-7-21-17(6-20(18)24)12(11-30(21)14-9-28-10-14)8-29-33(31,32)15-2-3-15/h1,4-7,11,14-15,28-29H,2-3,8-10H2. The Morgan fingerprint density at radius 2 is 1.79 bits per heavy atom. The highest BCUT2D eigenvalue weighted by atomic mass is 32.2. The van der Waals surface area contributed by atoms with E-state index >= 15 is 4.39 Å². The summed E-state index contributed by atoms with van der Waals surface area (Å²) >= 11 is 0. The summed E-state index contributed by atoms with van der Waals surface area (Å²) in [6.45, 7) is 1.19. The zero-order chi connectivity index (χ0) is 23.5. The van der Waals surface area contributed by atoms with E-state index in [1.165, 1.54) is 6.07 Å². The van der Waals surface area contributed by atoms with E-state index in [-0.39, 0.29) is 18.2 Å². The van der Waals surface area contributed by atoms with Crippen molar-refractivity contribution in [1.82, 2.24) is 14.6 Å². The van der Waals surface area contributed by atoms with Crippen molar-refractivity contribution in [1.29, 1.82) is 0 Å². The van der Waals surface area contributed by atoms with Crippen LogP contribution in [0.15, 0.2) is 36.5 Å². The third-order valence-electron chi connectivity index (χ3n) is 6.16. The normalized spacial score (nSPS) is 17.5. The maximum absolute atomic E-state index is 15.2. The van der Waals surface area contributed by atoms with Crippen LogP contribution in [0.4, 0.5) is 22.0 Å². The van der Waals surface area contributed by atoms with Gasteiger partial charge in [0.15, 0.2) is 0 Å². The minimum atomic E-state index is -4.87. The Hall–Kier alpha value is -2.50. The van der Waals surface area contributed by atoms with Gasteiger partial charge in [0.2, 0.25) is 10.0 Å². The highest BCUT2D eigenvalue weighted by Gasteiger charge is 2.36. The molecule has 176 valence electrons. The zero-order valence-corrected chi connectivity index (χ0v) is 18.0. The lowest BCUT2D eigenvalue weighted by Gasteiger charge is -2.29. The number of sulfonamides is 1. The van der Waals surface area contributed by atoms with Crippen molar-refractivity contribution in [3.05, 3.63) is 59.3 Å². The number of fused-ring (bicyclic) bond motifs is 1. The maximum atomic E-state index is 15.2. The molecule has 2 aliphatic rings. The lowest BCUT2D eigenvalue weighted by Crippen LogP contribution is -2.43. The topological polar surface area (TPSA) is 63.1 Å². The summed E-state index contributed by atoms with van der Waals surface area (Å²) in [6.07, 6.45) is -1.96. The second kappa shape index (κ2) is 7.78. The number of nitrogens with one attached hydrogen (secondary N) is 2. The van der Waals surface area contributed by atoms with E-state index in [0.717, 1.165) is 18.2 Å². The lowest BCUT2D eigenvalue weighted by atomic mass is 9.97. The van der Waals surface area contributed by atoms with Crippen LogP contribution in [0.2, 0.25) is 0 Å². The molecule has 0 spiro atoms. The summed E-state index contributed by atoms with van der Waals surface area (Å²) in [5.74, 6) is -1.97. The van der Waals surface area contributed by atoms with Gasteiger partial charge in [0.1, 0.15) is 11.6 Å². The van der Waals surface area contributed by atoms with Crippen molar-refractivity contribution in [2.45, 2.75) is 36.9 Å². The van der Waals surface area contributed by atoms with Crippen molar-refractivity contribution in [2.75, 3.05) is 13.1 Å². The smallest absolute Gasteiger partial charge is 0.341 e. The van der Waals surface area contributed by atoms with E-state index in [4.69, 9.17) is 0 Å². The van der Waals surface area contributed by atoms with Crippen LogP contribution in [0, 0.1) is 11.6 Å². The SMILES string of the molecule is O=S(=O)(NCc1cn(C2CNC2)c2cc(-c3ccc(F)cc3C(F)(F)F)c(F)cc12)C1CC1. The van der Waals surface area contributed by atoms with Gasteiger partial charge in [-0.15, -0.1) is 0 Å². The van der Waals surface area contributed by atoms with Crippen molar-refractivity contribution in [3.8, 4) is 11.1 Å². The van der Waals surface area contributed by atoms with Gasteiger partial charge >= 0.3 is 6.18 Å². The lowest BCUT2D eigenvalue weighted by molar-refractivity contribution is -0.137. The molecule has 2 N–H and O–H groups in total. The maximum Gasteiger partial charge on any atom is 0.417 e. The molecule has 1 saturated heterocycles. The number of benzene rings is 2. The predicted molar refractivity (Wildman–Crippen MR) is 113 cm³/mol. The Morgan fingerprint density at radius 3 is 2.39 bits per heavy atom. The molecule has 1 saturated carbocycles. The molecule has 2 heterocycles. The fourth-order valence-corrected chi connectivity index (χ4v) is 5.47. The van der Waals surface area contributed by atoms with Gasteiger partial charge in [0, 0.05) is 42.3 Å². The third-order valence-corrected chi connectivity index (χ3v) is 8.06. The molecule has 1 aliphatic carbocycles. The van der Waals surface area contributed by atoms with Crippen molar-refractivity contribution >= 4 is 20.9 Å². The molecule has 5 nitrogen and oxygen atoms in total. The average Bonchev–Trinajstić information content (AvgIpc) is 3.50. The van der Waals surface area contributed by atoms with Gasteiger partial charge in [-0.05, 0) is 48.2 Å². The Morgan fingerprint density at radius 1 is 1.06 bits per heavy atom. The summed E-state index contributed by atoms with van der Waals surface area (Å²) in [5.41, 5.74) is -1.01. The first kappa shape index (κ1) is 22.3. The fourth-order valence-electron chi connectivity index (χ4n) is 4.12. The Labute approximate surface area is 186 Å². The molecule has 0 unspecified atom stereocenters. The fraction of sp³-hybridized carbons (Fsp3) is 0.364. The highest BCUT2D eigenvalue weighted by Crippen LogP contribution is 2.40. The van der Waals surface area contributed by atoms with E-state index in [1.54, 1.807) is 6.20 Å².